The maximum atomic E-state index is 13.0. The van der Waals surface area contributed by atoms with Gasteiger partial charge in [0.2, 0.25) is 0 Å². The molecule has 3 heterocycles. The molecule has 3 aromatic rings. The molecule has 0 aliphatic carbocycles. The highest BCUT2D eigenvalue weighted by Gasteiger charge is 2.25. The summed E-state index contributed by atoms with van der Waals surface area (Å²) in [5.41, 5.74) is 4.25. The van der Waals surface area contributed by atoms with Gasteiger partial charge in [0, 0.05) is 55.1 Å². The first kappa shape index (κ1) is 22.6. The van der Waals surface area contributed by atoms with Crippen LogP contribution in [0, 0.1) is 0 Å². The van der Waals surface area contributed by atoms with Crippen molar-refractivity contribution in [3.8, 4) is 5.75 Å². The fourth-order valence-corrected chi connectivity index (χ4v) is 4.60. The van der Waals surface area contributed by atoms with Crippen molar-refractivity contribution in [1.82, 2.24) is 20.6 Å². The van der Waals surface area contributed by atoms with Gasteiger partial charge >= 0.3 is 0 Å². The molecule has 5 rings (SSSR count). The molecule has 0 spiro atoms. The van der Waals surface area contributed by atoms with Crippen LogP contribution in [0.3, 0.4) is 0 Å². The molecule has 0 bridgehead atoms. The van der Waals surface area contributed by atoms with E-state index in [9.17, 15) is 4.79 Å². The second kappa shape index (κ2) is 10.0. The van der Waals surface area contributed by atoms with Crippen molar-refractivity contribution in [2.45, 2.75) is 0 Å². The van der Waals surface area contributed by atoms with E-state index in [0.29, 0.717) is 37.0 Å². The van der Waals surface area contributed by atoms with E-state index in [1.807, 2.05) is 47.5 Å². The summed E-state index contributed by atoms with van der Waals surface area (Å²) < 4.78 is 10.9. The molecule has 10 heteroatoms. The van der Waals surface area contributed by atoms with E-state index in [4.69, 9.17) is 21.1 Å². The molecule has 1 N–H and O–H groups in total. The normalized spacial score (nSPS) is 17.1. The first-order valence-corrected chi connectivity index (χ1v) is 11.7. The molecule has 0 radical (unpaired) electrons. The smallest absolute Gasteiger partial charge is 0.286 e. The maximum Gasteiger partial charge on any atom is 0.286 e. The Kier molecular flexibility index (Phi) is 6.66. The number of piperazine rings is 1. The topological polar surface area (TPSA) is 83.1 Å². The van der Waals surface area contributed by atoms with Gasteiger partial charge in [0.1, 0.15) is 5.75 Å². The van der Waals surface area contributed by atoms with Gasteiger partial charge in [-0.05, 0) is 18.2 Å². The van der Waals surface area contributed by atoms with Crippen LogP contribution in [0.4, 0.5) is 11.5 Å². The molecule has 0 unspecified atom stereocenters. The number of hydrogen-bond donors (Lipinski definition) is 1. The summed E-state index contributed by atoms with van der Waals surface area (Å²) in [6.45, 7) is 5.57. The Morgan fingerprint density at radius 1 is 0.971 bits per heavy atom. The molecule has 34 heavy (non-hydrogen) atoms. The van der Waals surface area contributed by atoms with Gasteiger partial charge in [-0.25, -0.2) is 5.01 Å². The average Bonchev–Trinajstić information content (AvgIpc) is 2.88. The number of fused-ring (bicyclic) bond motifs is 1. The van der Waals surface area contributed by atoms with Gasteiger partial charge in [-0.1, -0.05) is 35.9 Å². The van der Waals surface area contributed by atoms with E-state index in [-0.39, 0.29) is 5.91 Å². The number of carbonyl (C=O) groups is 1. The largest absolute Gasteiger partial charge is 0.495 e. The fraction of sp³-hybridized carbons (Fsp3) is 0.375. The number of methoxy groups -OCH3 is 1. The summed E-state index contributed by atoms with van der Waals surface area (Å²) in [7, 11) is 1.67. The van der Waals surface area contributed by atoms with E-state index in [2.05, 4.69) is 25.4 Å². The molecule has 0 saturated carbocycles. The number of benzene rings is 2. The van der Waals surface area contributed by atoms with Gasteiger partial charge in [0.15, 0.2) is 11.5 Å². The molecule has 2 aliphatic rings. The summed E-state index contributed by atoms with van der Waals surface area (Å²) in [5.74, 6) is 1.34. The number of aromatic nitrogens is 2. The fourth-order valence-electron chi connectivity index (χ4n) is 4.43. The van der Waals surface area contributed by atoms with Crippen LogP contribution in [0.2, 0.25) is 5.02 Å². The first-order chi connectivity index (χ1) is 16.6. The minimum absolute atomic E-state index is 0.255. The number of hydrazine groups is 1. The number of nitrogens with one attached hydrogen (secondary N) is 1. The van der Waals surface area contributed by atoms with Crippen LogP contribution in [-0.2, 0) is 4.74 Å². The lowest BCUT2D eigenvalue weighted by Crippen LogP contribution is -2.48. The van der Waals surface area contributed by atoms with Crippen molar-refractivity contribution < 1.29 is 14.3 Å². The number of halogens is 1. The third kappa shape index (κ3) is 4.59. The van der Waals surface area contributed by atoms with E-state index in [0.717, 1.165) is 54.2 Å². The Labute approximate surface area is 203 Å². The molecule has 2 saturated heterocycles. The third-order valence-electron chi connectivity index (χ3n) is 6.21. The van der Waals surface area contributed by atoms with E-state index >= 15 is 0 Å². The van der Waals surface area contributed by atoms with Crippen LogP contribution < -0.4 is 20.0 Å². The van der Waals surface area contributed by atoms with Crippen LogP contribution in [0.5, 0.6) is 5.75 Å². The maximum absolute atomic E-state index is 13.0. The van der Waals surface area contributed by atoms with Gasteiger partial charge < -0.3 is 19.3 Å². The Hall–Kier alpha value is -3.14. The molecule has 2 fully saturated rings. The van der Waals surface area contributed by atoms with E-state index in [1.54, 1.807) is 7.11 Å². The zero-order chi connectivity index (χ0) is 23.5. The summed E-state index contributed by atoms with van der Waals surface area (Å²) >= 11 is 6.23. The third-order valence-corrected chi connectivity index (χ3v) is 6.45. The highest BCUT2D eigenvalue weighted by Crippen LogP contribution is 2.33. The van der Waals surface area contributed by atoms with Gasteiger partial charge in [-0.3, -0.25) is 10.2 Å². The van der Waals surface area contributed by atoms with Gasteiger partial charge in [0.05, 0.1) is 26.0 Å². The summed E-state index contributed by atoms with van der Waals surface area (Å²) in [6.07, 6.45) is 0. The molecule has 178 valence electrons. The molecular weight excluding hydrogens is 456 g/mol. The summed E-state index contributed by atoms with van der Waals surface area (Å²) in [6, 6.07) is 13.5. The van der Waals surface area contributed by atoms with Crippen molar-refractivity contribution in [2.75, 3.05) is 69.4 Å². The number of morpholine rings is 1. The number of rotatable bonds is 5. The lowest BCUT2D eigenvalue weighted by Gasteiger charge is -2.37. The van der Waals surface area contributed by atoms with Crippen LogP contribution in [0.25, 0.3) is 10.8 Å². The molecule has 1 aromatic heterocycles. The first-order valence-electron chi connectivity index (χ1n) is 11.4. The molecule has 1 amide bonds. The highest BCUT2D eigenvalue weighted by atomic mass is 35.5. The predicted octanol–water partition coefficient (Wildman–Crippen LogP) is 2.60. The SMILES string of the molecule is COc1ccc(Cl)cc1N1CCN(c2nnc(C(=O)NN3CCOCC3)c3ccccc23)CC1. The summed E-state index contributed by atoms with van der Waals surface area (Å²) in [5, 5.41) is 13.1. The number of amides is 1. The Morgan fingerprint density at radius 2 is 1.68 bits per heavy atom. The second-order valence-corrected chi connectivity index (χ2v) is 8.68. The predicted molar refractivity (Wildman–Crippen MR) is 132 cm³/mol. The second-order valence-electron chi connectivity index (χ2n) is 8.25. The monoisotopic (exact) mass is 482 g/mol. The van der Waals surface area contributed by atoms with Crippen molar-refractivity contribution in [3.63, 3.8) is 0 Å². The van der Waals surface area contributed by atoms with Crippen LogP contribution in [-0.4, -0.2) is 80.7 Å². The zero-order valence-electron chi connectivity index (χ0n) is 19.0. The van der Waals surface area contributed by atoms with Crippen molar-refractivity contribution in [2.24, 2.45) is 0 Å². The lowest BCUT2D eigenvalue weighted by molar-refractivity contribution is 0.0125. The quantitative estimate of drug-likeness (QED) is 0.594. The molecular formula is C24H27ClN6O3. The van der Waals surface area contributed by atoms with Crippen molar-refractivity contribution >= 4 is 39.8 Å². The minimum atomic E-state index is -0.255. The lowest BCUT2D eigenvalue weighted by atomic mass is 10.1. The van der Waals surface area contributed by atoms with Crippen molar-refractivity contribution in [1.29, 1.82) is 0 Å². The molecule has 2 aliphatic heterocycles. The number of nitrogens with zero attached hydrogens (tertiary/aromatic N) is 5. The zero-order valence-corrected chi connectivity index (χ0v) is 19.8. The average molecular weight is 483 g/mol. The Bertz CT molecular complexity index is 1180. The highest BCUT2D eigenvalue weighted by molar-refractivity contribution is 6.31. The van der Waals surface area contributed by atoms with E-state index < -0.39 is 0 Å². The number of hydrogen-bond acceptors (Lipinski definition) is 8. The minimum Gasteiger partial charge on any atom is -0.495 e. The molecule has 2 aromatic carbocycles. The van der Waals surface area contributed by atoms with E-state index in [1.165, 1.54) is 0 Å². The van der Waals surface area contributed by atoms with Gasteiger partial charge in [-0.2, -0.15) is 0 Å². The Morgan fingerprint density at radius 3 is 2.41 bits per heavy atom. The van der Waals surface area contributed by atoms with Gasteiger partial charge in [0.25, 0.3) is 5.91 Å². The number of carbonyl (C=O) groups excluding carboxylic acids is 1. The standard InChI is InChI=1S/C24H27ClN6O3/c1-33-21-7-6-17(25)16-20(21)29-8-10-30(11-9-29)23-19-5-3-2-4-18(19)22(26-27-23)24(32)28-31-12-14-34-15-13-31/h2-7,16H,8-15H2,1H3,(H,28,32). The number of anilines is 2. The van der Waals surface area contributed by atoms with Crippen molar-refractivity contribution in [3.05, 3.63) is 53.2 Å². The van der Waals surface area contributed by atoms with Crippen LogP contribution >= 0.6 is 11.6 Å². The molecule has 0 atom stereocenters. The molecule has 9 nitrogen and oxygen atoms in total. The van der Waals surface area contributed by atoms with Crippen LogP contribution in [0.1, 0.15) is 10.5 Å². The Balaban J connectivity index is 1.35. The van der Waals surface area contributed by atoms with Gasteiger partial charge in [-0.15, -0.1) is 10.2 Å². The number of ether oxygens (including phenoxy) is 2. The summed E-state index contributed by atoms with van der Waals surface area (Å²) in [4.78, 5) is 17.4. The van der Waals surface area contributed by atoms with Crippen LogP contribution in [0.15, 0.2) is 42.5 Å².